The zero-order valence-corrected chi connectivity index (χ0v) is 14.6. The summed E-state index contributed by atoms with van der Waals surface area (Å²) in [6.45, 7) is 3.97. The van der Waals surface area contributed by atoms with Gasteiger partial charge >= 0.3 is 0 Å². The van der Waals surface area contributed by atoms with Gasteiger partial charge in [-0.3, -0.25) is 4.79 Å². The monoisotopic (exact) mass is 332 g/mol. The van der Waals surface area contributed by atoms with Crippen LogP contribution in [-0.4, -0.2) is 12.9 Å². The van der Waals surface area contributed by atoms with Gasteiger partial charge in [0, 0.05) is 11.1 Å². The number of hydrogen-bond acceptors (Lipinski definition) is 3. The minimum absolute atomic E-state index is 0.00634. The molecule has 0 bridgehead atoms. The summed E-state index contributed by atoms with van der Waals surface area (Å²) in [4.78, 5) is 12.5. The molecule has 3 rings (SSSR count). The van der Waals surface area contributed by atoms with Gasteiger partial charge in [0.05, 0.1) is 7.11 Å². The summed E-state index contributed by atoms with van der Waals surface area (Å²) in [5.74, 6) is 2.25. The molecule has 0 atom stereocenters. The summed E-state index contributed by atoms with van der Waals surface area (Å²) in [5, 5.41) is 0. The van der Waals surface area contributed by atoms with Gasteiger partial charge in [0.2, 0.25) is 0 Å². The van der Waals surface area contributed by atoms with Crippen LogP contribution >= 0.6 is 0 Å². The first kappa shape index (κ1) is 16.8. The Labute approximate surface area is 147 Å². The number of carbonyl (C=O) groups is 1. The molecule has 0 amide bonds. The maximum absolute atomic E-state index is 12.5. The number of methoxy groups -OCH3 is 1. The predicted octanol–water partition coefficient (Wildman–Crippen LogP) is 5.34. The lowest BCUT2D eigenvalue weighted by atomic mass is 10.0. The van der Waals surface area contributed by atoms with Crippen LogP contribution in [0.3, 0.4) is 0 Å². The highest BCUT2D eigenvalue weighted by Gasteiger charge is 2.09. The highest BCUT2D eigenvalue weighted by molar-refractivity contribution is 6.09. The largest absolute Gasteiger partial charge is 0.496 e. The van der Waals surface area contributed by atoms with Crippen LogP contribution in [0.2, 0.25) is 0 Å². The Morgan fingerprint density at radius 2 is 1.32 bits per heavy atom. The van der Waals surface area contributed by atoms with E-state index in [4.69, 9.17) is 9.47 Å². The van der Waals surface area contributed by atoms with Crippen molar-refractivity contribution in [3.05, 3.63) is 89.0 Å². The van der Waals surface area contributed by atoms with Crippen molar-refractivity contribution in [2.24, 2.45) is 0 Å². The molecule has 0 saturated carbocycles. The molecule has 0 fully saturated rings. The molecule has 0 saturated heterocycles. The van der Waals surface area contributed by atoms with Crippen LogP contribution < -0.4 is 9.47 Å². The lowest BCUT2D eigenvalue weighted by Gasteiger charge is -2.09. The third-order valence-electron chi connectivity index (χ3n) is 4.03. The summed E-state index contributed by atoms with van der Waals surface area (Å²) < 4.78 is 11.1. The van der Waals surface area contributed by atoms with Gasteiger partial charge in [-0.15, -0.1) is 0 Å². The molecule has 0 spiro atoms. The van der Waals surface area contributed by atoms with Crippen molar-refractivity contribution in [2.45, 2.75) is 13.8 Å². The minimum atomic E-state index is 0.00634. The number of aryl methyl sites for hydroxylation is 2. The minimum Gasteiger partial charge on any atom is -0.496 e. The van der Waals surface area contributed by atoms with Crippen LogP contribution in [0, 0.1) is 13.8 Å². The molecule has 3 nitrogen and oxygen atoms in total. The first-order chi connectivity index (χ1) is 12.1. The van der Waals surface area contributed by atoms with E-state index in [0.717, 1.165) is 22.6 Å². The summed E-state index contributed by atoms with van der Waals surface area (Å²) in [5.41, 5.74) is 3.47. The zero-order valence-electron chi connectivity index (χ0n) is 14.6. The van der Waals surface area contributed by atoms with E-state index in [2.05, 4.69) is 0 Å². The van der Waals surface area contributed by atoms with Gasteiger partial charge in [-0.2, -0.15) is 0 Å². The van der Waals surface area contributed by atoms with E-state index < -0.39 is 0 Å². The van der Waals surface area contributed by atoms with Crippen molar-refractivity contribution in [1.82, 2.24) is 0 Å². The third-order valence-corrected chi connectivity index (χ3v) is 4.03. The molecule has 3 aromatic carbocycles. The number of rotatable bonds is 5. The van der Waals surface area contributed by atoms with E-state index >= 15 is 0 Å². The topological polar surface area (TPSA) is 35.5 Å². The average molecular weight is 332 g/mol. The Kier molecular flexibility index (Phi) is 4.85. The first-order valence-corrected chi connectivity index (χ1v) is 8.11. The van der Waals surface area contributed by atoms with Crippen LogP contribution in [0.1, 0.15) is 27.0 Å². The molecule has 3 aromatic rings. The molecule has 3 heteroatoms. The molecule has 0 aliphatic heterocycles. The zero-order chi connectivity index (χ0) is 17.8. The highest BCUT2D eigenvalue weighted by Crippen LogP contribution is 2.27. The molecule has 0 aliphatic carbocycles. The van der Waals surface area contributed by atoms with E-state index in [1.165, 1.54) is 0 Å². The van der Waals surface area contributed by atoms with E-state index in [1.807, 2.05) is 56.3 Å². The second-order valence-corrected chi connectivity index (χ2v) is 5.95. The summed E-state index contributed by atoms with van der Waals surface area (Å²) in [6, 6.07) is 20.4. The summed E-state index contributed by atoms with van der Waals surface area (Å²) in [6.07, 6.45) is 0. The number of ether oxygens (including phenoxy) is 2. The first-order valence-electron chi connectivity index (χ1n) is 8.11. The molecule has 0 unspecified atom stereocenters. The van der Waals surface area contributed by atoms with Gasteiger partial charge in [-0.1, -0.05) is 29.8 Å². The van der Waals surface area contributed by atoms with Gasteiger partial charge in [-0.05, 0) is 61.9 Å². The highest BCUT2D eigenvalue weighted by atomic mass is 16.5. The maximum Gasteiger partial charge on any atom is 0.193 e. The second kappa shape index (κ2) is 7.22. The molecular weight excluding hydrogens is 312 g/mol. The molecular formula is C22H20O3. The molecule has 0 heterocycles. The predicted molar refractivity (Wildman–Crippen MR) is 98.9 cm³/mol. The lowest BCUT2D eigenvalue weighted by molar-refractivity contribution is 0.103. The van der Waals surface area contributed by atoms with Crippen LogP contribution in [0.15, 0.2) is 66.7 Å². The van der Waals surface area contributed by atoms with Crippen molar-refractivity contribution < 1.29 is 14.3 Å². The smallest absolute Gasteiger partial charge is 0.193 e. The van der Waals surface area contributed by atoms with Crippen molar-refractivity contribution >= 4 is 5.78 Å². The molecule has 0 N–H and O–H groups in total. The van der Waals surface area contributed by atoms with Crippen LogP contribution in [0.5, 0.6) is 17.2 Å². The molecule has 126 valence electrons. The quantitative estimate of drug-likeness (QED) is 0.592. The van der Waals surface area contributed by atoms with Gasteiger partial charge in [0.1, 0.15) is 17.2 Å². The van der Waals surface area contributed by atoms with E-state index in [9.17, 15) is 4.79 Å². The number of hydrogen-bond donors (Lipinski definition) is 0. The van der Waals surface area contributed by atoms with E-state index in [-0.39, 0.29) is 5.78 Å². The summed E-state index contributed by atoms with van der Waals surface area (Å²) >= 11 is 0. The van der Waals surface area contributed by atoms with Crippen LogP contribution in [0.4, 0.5) is 0 Å². The molecule has 0 aliphatic rings. The fourth-order valence-corrected chi connectivity index (χ4v) is 2.60. The third kappa shape index (κ3) is 3.89. The Morgan fingerprint density at radius 1 is 0.760 bits per heavy atom. The number of ketones is 1. The molecule has 0 aromatic heterocycles. The van der Waals surface area contributed by atoms with Gasteiger partial charge < -0.3 is 9.47 Å². The standard InChI is InChI=1S/C22H20O3/c1-15-4-6-17(7-5-15)22(23)18-8-10-19(11-9-18)25-20-12-13-21(24-3)16(2)14-20/h4-14H,1-3H3. The van der Waals surface area contributed by atoms with Crippen molar-refractivity contribution in [2.75, 3.05) is 7.11 Å². The van der Waals surface area contributed by atoms with E-state index in [1.54, 1.807) is 31.4 Å². The molecule has 0 radical (unpaired) electrons. The maximum atomic E-state index is 12.5. The van der Waals surface area contributed by atoms with Crippen molar-refractivity contribution in [3.63, 3.8) is 0 Å². The van der Waals surface area contributed by atoms with Crippen LogP contribution in [-0.2, 0) is 0 Å². The molecule has 25 heavy (non-hydrogen) atoms. The Balaban J connectivity index is 1.75. The Hall–Kier alpha value is -3.07. The van der Waals surface area contributed by atoms with Gasteiger partial charge in [0.15, 0.2) is 5.78 Å². The second-order valence-electron chi connectivity index (χ2n) is 5.95. The van der Waals surface area contributed by atoms with E-state index in [0.29, 0.717) is 16.9 Å². The SMILES string of the molecule is COc1ccc(Oc2ccc(C(=O)c3ccc(C)cc3)cc2)cc1C. The normalized spacial score (nSPS) is 10.4. The Bertz CT molecular complexity index is 878. The van der Waals surface area contributed by atoms with Crippen molar-refractivity contribution in [1.29, 1.82) is 0 Å². The lowest BCUT2D eigenvalue weighted by Crippen LogP contribution is -2.01. The fraction of sp³-hybridized carbons (Fsp3) is 0.136. The average Bonchev–Trinajstić information content (AvgIpc) is 2.63. The Morgan fingerprint density at radius 3 is 1.88 bits per heavy atom. The van der Waals surface area contributed by atoms with Crippen LogP contribution in [0.25, 0.3) is 0 Å². The van der Waals surface area contributed by atoms with Gasteiger partial charge in [0.25, 0.3) is 0 Å². The number of carbonyl (C=O) groups excluding carboxylic acids is 1. The van der Waals surface area contributed by atoms with Crippen molar-refractivity contribution in [3.8, 4) is 17.2 Å². The number of benzene rings is 3. The van der Waals surface area contributed by atoms with Gasteiger partial charge in [-0.25, -0.2) is 0 Å². The summed E-state index contributed by atoms with van der Waals surface area (Å²) in [7, 11) is 1.65. The fourth-order valence-electron chi connectivity index (χ4n) is 2.60.